The Morgan fingerprint density at radius 3 is 3.06 bits per heavy atom. The predicted octanol–water partition coefficient (Wildman–Crippen LogP) is -0.299. The molecule has 2 aromatic rings. The maximum atomic E-state index is 5.50. The molecule has 0 spiro atoms. The number of hydrogen-bond acceptors (Lipinski definition) is 3. The van der Waals surface area contributed by atoms with Crippen molar-refractivity contribution in [2.45, 2.75) is 0 Å². The van der Waals surface area contributed by atoms with E-state index in [9.17, 15) is 0 Å². The molecular formula is C11H13N4O+. The Kier molecular flexibility index (Phi) is 2.59. The van der Waals surface area contributed by atoms with Gasteiger partial charge in [0.25, 0.3) is 0 Å². The number of allylic oxidation sites excluding steroid dienone is 1. The first kappa shape index (κ1) is 10.2. The smallest absolute Gasteiger partial charge is 0.169 e. The van der Waals surface area contributed by atoms with Crippen LogP contribution in [0.5, 0.6) is 5.75 Å². The number of ether oxygens (including phenoxy) is 1. The first-order valence-electron chi connectivity index (χ1n) is 4.78. The van der Waals surface area contributed by atoms with E-state index in [0.717, 1.165) is 22.2 Å². The zero-order valence-corrected chi connectivity index (χ0v) is 8.90. The van der Waals surface area contributed by atoms with Gasteiger partial charge in [0.2, 0.25) is 0 Å². The van der Waals surface area contributed by atoms with Crippen molar-refractivity contribution >= 4 is 22.8 Å². The van der Waals surface area contributed by atoms with Crippen molar-refractivity contribution in [2.75, 3.05) is 7.11 Å². The number of methoxy groups -OCH3 is 1. The molecule has 0 atom stereocenters. The third-order valence-corrected chi connectivity index (χ3v) is 2.41. The van der Waals surface area contributed by atoms with Gasteiger partial charge in [0.05, 0.1) is 18.9 Å². The number of H-pyrrole nitrogens is 1. The number of fused-ring (bicyclic) bond motifs is 1. The topological polar surface area (TPSA) is 89.5 Å². The molecule has 0 aromatic carbocycles. The van der Waals surface area contributed by atoms with E-state index in [1.165, 1.54) is 12.4 Å². The highest BCUT2D eigenvalue weighted by Crippen LogP contribution is 2.25. The van der Waals surface area contributed by atoms with E-state index in [-0.39, 0.29) is 0 Å². The molecule has 0 fully saturated rings. The van der Waals surface area contributed by atoms with E-state index in [2.05, 4.69) is 9.97 Å². The Morgan fingerprint density at radius 1 is 1.62 bits per heavy atom. The maximum Gasteiger partial charge on any atom is 0.169 e. The first-order chi connectivity index (χ1) is 7.80. The van der Waals surface area contributed by atoms with Gasteiger partial charge < -0.3 is 15.5 Å². The molecule has 2 rings (SSSR count). The molecule has 0 radical (unpaired) electrons. The van der Waals surface area contributed by atoms with Crippen LogP contribution in [0.2, 0.25) is 0 Å². The molecule has 5 heteroatoms. The molecule has 0 aliphatic carbocycles. The summed E-state index contributed by atoms with van der Waals surface area (Å²) in [7, 11) is 1.60. The third kappa shape index (κ3) is 1.52. The van der Waals surface area contributed by atoms with Crippen LogP contribution in [0.3, 0.4) is 0 Å². The van der Waals surface area contributed by atoms with Crippen molar-refractivity contribution in [2.24, 2.45) is 5.73 Å². The van der Waals surface area contributed by atoms with Crippen molar-refractivity contribution in [3.05, 3.63) is 30.2 Å². The second kappa shape index (κ2) is 4.06. The van der Waals surface area contributed by atoms with E-state index in [1.807, 2.05) is 12.3 Å². The third-order valence-electron chi connectivity index (χ3n) is 2.41. The molecule has 16 heavy (non-hydrogen) atoms. The minimum Gasteiger partial charge on any atom is -0.495 e. The molecular weight excluding hydrogens is 204 g/mol. The van der Waals surface area contributed by atoms with Gasteiger partial charge in [-0.25, -0.2) is 4.98 Å². The second-order valence-corrected chi connectivity index (χ2v) is 3.26. The number of hydrogen-bond donors (Lipinski definition) is 3. The number of nitrogens with two attached hydrogens (primary N) is 2. The molecule has 0 bridgehead atoms. The summed E-state index contributed by atoms with van der Waals surface area (Å²) in [4.78, 5) is 7.27. The van der Waals surface area contributed by atoms with E-state index in [1.54, 1.807) is 13.3 Å². The summed E-state index contributed by atoms with van der Waals surface area (Å²) in [5, 5.41) is 6.43. The summed E-state index contributed by atoms with van der Waals surface area (Å²) >= 11 is 0. The Bertz CT molecular complexity index is 556. The molecule has 0 saturated heterocycles. The average molecular weight is 217 g/mol. The van der Waals surface area contributed by atoms with Gasteiger partial charge in [-0.15, -0.1) is 0 Å². The molecule has 2 heterocycles. The molecule has 0 amide bonds. The minimum atomic E-state index is 0.696. The van der Waals surface area contributed by atoms with Crippen LogP contribution in [0.1, 0.15) is 5.56 Å². The SMILES string of the molecule is COc1cnc2[nH]cc(C(C=[NH2+])=CN)c2c1. The molecule has 82 valence electrons. The van der Waals surface area contributed by atoms with E-state index in [4.69, 9.17) is 15.9 Å². The highest BCUT2D eigenvalue weighted by atomic mass is 16.5. The molecule has 5 N–H and O–H groups in total. The Morgan fingerprint density at radius 2 is 2.44 bits per heavy atom. The molecule has 2 aromatic heterocycles. The van der Waals surface area contributed by atoms with Crippen LogP contribution in [0.15, 0.2) is 24.7 Å². The summed E-state index contributed by atoms with van der Waals surface area (Å²) in [6.07, 6.45) is 6.39. The Hall–Kier alpha value is -2.30. The molecule has 0 aliphatic heterocycles. The lowest BCUT2D eigenvalue weighted by atomic mass is 10.1. The van der Waals surface area contributed by atoms with Crippen molar-refractivity contribution in [1.29, 1.82) is 0 Å². The number of nitrogens with one attached hydrogen (secondary N) is 1. The van der Waals surface area contributed by atoms with Crippen molar-refractivity contribution < 1.29 is 10.1 Å². The maximum absolute atomic E-state index is 5.50. The normalized spacial score (nSPS) is 11.7. The first-order valence-corrected chi connectivity index (χ1v) is 4.78. The number of aromatic amines is 1. The highest BCUT2D eigenvalue weighted by Gasteiger charge is 2.10. The number of nitrogens with zero attached hydrogens (tertiary/aromatic N) is 1. The fourth-order valence-electron chi connectivity index (χ4n) is 1.57. The lowest BCUT2D eigenvalue weighted by Gasteiger charge is -2.00. The number of pyridine rings is 1. The van der Waals surface area contributed by atoms with E-state index >= 15 is 0 Å². The molecule has 5 nitrogen and oxygen atoms in total. The summed E-state index contributed by atoms with van der Waals surface area (Å²) in [6, 6.07) is 1.89. The van der Waals surface area contributed by atoms with E-state index in [0.29, 0.717) is 5.75 Å². The van der Waals surface area contributed by atoms with Gasteiger partial charge in [0, 0.05) is 23.3 Å². The molecule has 0 unspecified atom stereocenters. The fourth-order valence-corrected chi connectivity index (χ4v) is 1.57. The molecule has 0 saturated carbocycles. The summed E-state index contributed by atoms with van der Waals surface area (Å²) < 4.78 is 5.13. The van der Waals surface area contributed by atoms with Gasteiger partial charge in [0.15, 0.2) is 6.21 Å². The van der Waals surface area contributed by atoms with Crippen LogP contribution >= 0.6 is 0 Å². The monoisotopic (exact) mass is 217 g/mol. The van der Waals surface area contributed by atoms with Gasteiger partial charge in [0.1, 0.15) is 11.4 Å². The average Bonchev–Trinajstić information content (AvgIpc) is 2.74. The zero-order valence-electron chi connectivity index (χ0n) is 8.90. The largest absolute Gasteiger partial charge is 0.495 e. The van der Waals surface area contributed by atoms with Gasteiger partial charge in [-0.3, -0.25) is 5.41 Å². The second-order valence-electron chi connectivity index (χ2n) is 3.26. The van der Waals surface area contributed by atoms with E-state index < -0.39 is 0 Å². The van der Waals surface area contributed by atoms with Crippen molar-refractivity contribution in [3.8, 4) is 5.75 Å². The zero-order chi connectivity index (χ0) is 11.5. The van der Waals surface area contributed by atoms with Crippen LogP contribution in [0, 0.1) is 0 Å². The van der Waals surface area contributed by atoms with Crippen LogP contribution in [0.4, 0.5) is 0 Å². The lowest BCUT2D eigenvalue weighted by molar-refractivity contribution is -0.103. The highest BCUT2D eigenvalue weighted by molar-refractivity contribution is 6.12. The van der Waals surface area contributed by atoms with Gasteiger partial charge in [-0.05, 0) is 6.07 Å². The quantitative estimate of drug-likeness (QED) is 0.617. The molecule has 0 aliphatic rings. The lowest BCUT2D eigenvalue weighted by Crippen LogP contribution is -2.30. The summed E-state index contributed by atoms with van der Waals surface area (Å²) in [5.41, 5.74) is 7.93. The number of aromatic nitrogens is 2. The van der Waals surface area contributed by atoms with Crippen molar-refractivity contribution in [1.82, 2.24) is 9.97 Å². The minimum absolute atomic E-state index is 0.696. The van der Waals surface area contributed by atoms with Crippen LogP contribution in [-0.4, -0.2) is 23.3 Å². The summed E-state index contributed by atoms with van der Waals surface area (Å²) in [6.45, 7) is 0. The Labute approximate surface area is 92.5 Å². The number of rotatable bonds is 3. The van der Waals surface area contributed by atoms with Crippen molar-refractivity contribution in [3.63, 3.8) is 0 Å². The summed E-state index contributed by atoms with van der Waals surface area (Å²) in [5.74, 6) is 0.696. The predicted molar refractivity (Wildman–Crippen MR) is 62.8 cm³/mol. The van der Waals surface area contributed by atoms with Gasteiger partial charge in [-0.2, -0.15) is 0 Å². The van der Waals surface area contributed by atoms with Gasteiger partial charge in [-0.1, -0.05) is 0 Å². The Balaban J connectivity index is 2.66. The van der Waals surface area contributed by atoms with Crippen LogP contribution < -0.4 is 15.9 Å². The van der Waals surface area contributed by atoms with Gasteiger partial charge >= 0.3 is 0 Å². The van der Waals surface area contributed by atoms with Crippen LogP contribution in [0.25, 0.3) is 16.6 Å². The van der Waals surface area contributed by atoms with Crippen LogP contribution in [-0.2, 0) is 0 Å². The standard InChI is InChI=1S/C11H12N4O/c1-16-8-2-9-10(7(3-12)4-13)6-15-11(9)14-5-8/h2-6,12H,13H2,1H3,(H,14,15)/p+1. The fraction of sp³-hybridized carbons (Fsp3) is 0.0909.